The van der Waals surface area contributed by atoms with E-state index in [-0.39, 0.29) is 5.82 Å². The minimum Gasteiger partial charge on any atom is -0.354 e. The molecule has 0 atom stereocenters. The van der Waals surface area contributed by atoms with E-state index >= 15 is 0 Å². The molecule has 0 N–H and O–H groups in total. The second-order valence-electron chi connectivity index (χ2n) is 5.42. The molecule has 0 radical (unpaired) electrons. The lowest BCUT2D eigenvalue weighted by Crippen LogP contribution is -2.19. The number of nitrogens with zero attached hydrogens (tertiary/aromatic N) is 3. The van der Waals surface area contributed by atoms with Crippen molar-refractivity contribution < 1.29 is 4.39 Å². The maximum absolute atomic E-state index is 13.3. The Balaban J connectivity index is 1.91. The highest BCUT2D eigenvalue weighted by atomic mass is 19.1. The molecule has 21 heavy (non-hydrogen) atoms. The molecule has 0 unspecified atom stereocenters. The number of hydrogen-bond donors (Lipinski definition) is 0. The zero-order valence-electron chi connectivity index (χ0n) is 11.9. The van der Waals surface area contributed by atoms with Crippen molar-refractivity contribution in [2.75, 3.05) is 11.9 Å². The monoisotopic (exact) mass is 281 g/mol. The molecule has 1 aliphatic rings. The summed E-state index contributed by atoms with van der Waals surface area (Å²) < 4.78 is 13.3. The van der Waals surface area contributed by atoms with Crippen LogP contribution in [0.15, 0.2) is 30.3 Å². The molecule has 2 aromatic rings. The predicted octanol–water partition coefficient (Wildman–Crippen LogP) is 3.22. The Hall–Kier alpha value is -2.41. The Morgan fingerprint density at radius 2 is 2.19 bits per heavy atom. The Morgan fingerprint density at radius 1 is 1.33 bits per heavy atom. The summed E-state index contributed by atoms with van der Waals surface area (Å²) in [6, 6.07) is 10.7. The highest BCUT2D eigenvalue weighted by Crippen LogP contribution is 2.27. The molecule has 4 heteroatoms. The quantitative estimate of drug-likeness (QED) is 0.867. The maximum atomic E-state index is 13.3. The number of nitriles is 1. The van der Waals surface area contributed by atoms with Crippen LogP contribution in [0.25, 0.3) is 0 Å². The van der Waals surface area contributed by atoms with Crippen LogP contribution in [0.1, 0.15) is 28.8 Å². The van der Waals surface area contributed by atoms with Crippen LogP contribution < -0.4 is 4.90 Å². The van der Waals surface area contributed by atoms with E-state index in [4.69, 9.17) is 0 Å². The highest BCUT2D eigenvalue weighted by molar-refractivity contribution is 5.56. The molecule has 3 rings (SSSR count). The van der Waals surface area contributed by atoms with Gasteiger partial charge in [-0.1, -0.05) is 12.1 Å². The van der Waals surface area contributed by atoms with E-state index in [9.17, 15) is 9.65 Å². The molecule has 0 spiro atoms. The largest absolute Gasteiger partial charge is 0.354 e. The van der Waals surface area contributed by atoms with Crippen LogP contribution >= 0.6 is 0 Å². The van der Waals surface area contributed by atoms with Gasteiger partial charge >= 0.3 is 0 Å². The SMILES string of the molecule is CN(Cc1cccc(F)c1)c1nc2c(cc1C#N)CCC2. The molecule has 106 valence electrons. The summed E-state index contributed by atoms with van der Waals surface area (Å²) >= 11 is 0. The van der Waals surface area contributed by atoms with Crippen molar-refractivity contribution in [1.82, 2.24) is 4.98 Å². The fourth-order valence-corrected chi connectivity index (χ4v) is 2.82. The third-order valence-electron chi connectivity index (χ3n) is 3.82. The van der Waals surface area contributed by atoms with Crippen molar-refractivity contribution >= 4 is 5.82 Å². The van der Waals surface area contributed by atoms with Crippen molar-refractivity contribution in [2.45, 2.75) is 25.8 Å². The standard InChI is InChI=1S/C17H16FN3/c1-21(11-12-4-2-6-15(18)8-12)17-14(10-19)9-13-5-3-7-16(13)20-17/h2,4,6,8-9H,3,5,7,11H2,1H3. The molecule has 0 aliphatic heterocycles. The van der Waals surface area contributed by atoms with Gasteiger partial charge in [0, 0.05) is 19.3 Å². The van der Waals surface area contributed by atoms with E-state index < -0.39 is 0 Å². The first-order valence-corrected chi connectivity index (χ1v) is 7.06. The molecule has 1 aromatic heterocycles. The van der Waals surface area contributed by atoms with E-state index in [1.165, 1.54) is 17.7 Å². The number of anilines is 1. The lowest BCUT2D eigenvalue weighted by atomic mass is 10.1. The topological polar surface area (TPSA) is 39.9 Å². The molecule has 3 nitrogen and oxygen atoms in total. The van der Waals surface area contributed by atoms with Gasteiger partial charge in [-0.25, -0.2) is 9.37 Å². The summed E-state index contributed by atoms with van der Waals surface area (Å²) in [5, 5.41) is 9.33. The molecule has 0 saturated carbocycles. The van der Waals surface area contributed by atoms with Crippen molar-refractivity contribution in [3.05, 3.63) is 58.5 Å². The van der Waals surface area contributed by atoms with Crippen LogP contribution in [0.3, 0.4) is 0 Å². The zero-order chi connectivity index (χ0) is 14.8. The number of hydrogen-bond acceptors (Lipinski definition) is 3. The van der Waals surface area contributed by atoms with E-state index in [2.05, 4.69) is 11.1 Å². The van der Waals surface area contributed by atoms with Crippen LogP contribution in [-0.2, 0) is 19.4 Å². The van der Waals surface area contributed by atoms with Crippen LogP contribution in [0.4, 0.5) is 10.2 Å². The van der Waals surface area contributed by atoms with Gasteiger partial charge in [0.1, 0.15) is 17.7 Å². The normalized spacial score (nSPS) is 12.8. The zero-order valence-corrected chi connectivity index (χ0v) is 11.9. The van der Waals surface area contributed by atoms with E-state index in [1.807, 2.05) is 24.1 Å². The van der Waals surface area contributed by atoms with E-state index in [1.54, 1.807) is 6.07 Å². The number of halogens is 1. The van der Waals surface area contributed by atoms with Crippen molar-refractivity contribution in [2.24, 2.45) is 0 Å². The number of aryl methyl sites for hydroxylation is 2. The molecule has 0 amide bonds. The highest BCUT2D eigenvalue weighted by Gasteiger charge is 2.18. The number of pyridine rings is 1. The van der Waals surface area contributed by atoms with Crippen LogP contribution in [-0.4, -0.2) is 12.0 Å². The Morgan fingerprint density at radius 3 is 2.95 bits per heavy atom. The lowest BCUT2D eigenvalue weighted by Gasteiger charge is -2.20. The molecular formula is C17H16FN3. The average molecular weight is 281 g/mol. The minimum absolute atomic E-state index is 0.247. The van der Waals surface area contributed by atoms with Crippen molar-refractivity contribution in [1.29, 1.82) is 5.26 Å². The van der Waals surface area contributed by atoms with Crippen LogP contribution in [0.5, 0.6) is 0 Å². The summed E-state index contributed by atoms with van der Waals surface area (Å²) in [6.45, 7) is 0.526. The number of benzene rings is 1. The van der Waals surface area contributed by atoms with Gasteiger partial charge in [-0.15, -0.1) is 0 Å². The molecule has 1 aromatic carbocycles. The Bertz CT molecular complexity index is 718. The van der Waals surface area contributed by atoms with Crippen LogP contribution in [0, 0.1) is 17.1 Å². The predicted molar refractivity (Wildman–Crippen MR) is 79.5 cm³/mol. The Kier molecular flexibility index (Phi) is 3.57. The molecular weight excluding hydrogens is 265 g/mol. The summed E-state index contributed by atoms with van der Waals surface area (Å²) in [5.74, 6) is 0.436. The average Bonchev–Trinajstić information content (AvgIpc) is 2.93. The van der Waals surface area contributed by atoms with Crippen LogP contribution in [0.2, 0.25) is 0 Å². The summed E-state index contributed by atoms with van der Waals surface area (Å²) in [4.78, 5) is 6.56. The van der Waals surface area contributed by atoms with E-state index in [0.717, 1.165) is 30.5 Å². The van der Waals surface area contributed by atoms with Crippen molar-refractivity contribution in [3.8, 4) is 6.07 Å². The van der Waals surface area contributed by atoms with Gasteiger partial charge < -0.3 is 4.90 Å². The number of rotatable bonds is 3. The third kappa shape index (κ3) is 2.73. The van der Waals surface area contributed by atoms with Crippen molar-refractivity contribution in [3.63, 3.8) is 0 Å². The summed E-state index contributed by atoms with van der Waals surface area (Å²) in [5.41, 5.74) is 3.74. The van der Waals surface area contributed by atoms with Gasteiger partial charge in [0.2, 0.25) is 0 Å². The fourth-order valence-electron chi connectivity index (χ4n) is 2.82. The number of fused-ring (bicyclic) bond motifs is 1. The molecule has 1 aliphatic carbocycles. The van der Waals surface area contributed by atoms with E-state index in [0.29, 0.717) is 17.9 Å². The van der Waals surface area contributed by atoms with Gasteiger partial charge in [-0.05, 0) is 48.6 Å². The summed E-state index contributed by atoms with van der Waals surface area (Å²) in [7, 11) is 1.88. The molecule has 0 saturated heterocycles. The molecule has 1 heterocycles. The van der Waals surface area contributed by atoms with Gasteiger partial charge in [0.25, 0.3) is 0 Å². The molecule has 0 bridgehead atoms. The third-order valence-corrected chi connectivity index (χ3v) is 3.82. The fraction of sp³-hybridized carbons (Fsp3) is 0.294. The molecule has 0 fully saturated rings. The summed E-state index contributed by atoms with van der Waals surface area (Å²) in [6.07, 6.45) is 3.08. The second kappa shape index (κ2) is 5.53. The van der Waals surface area contributed by atoms with Gasteiger partial charge in [0.05, 0.1) is 5.56 Å². The lowest BCUT2D eigenvalue weighted by molar-refractivity contribution is 0.625. The maximum Gasteiger partial charge on any atom is 0.146 e. The first kappa shape index (κ1) is 13.6. The van der Waals surface area contributed by atoms with Gasteiger partial charge in [-0.3, -0.25) is 0 Å². The van der Waals surface area contributed by atoms with Gasteiger partial charge in [-0.2, -0.15) is 5.26 Å². The number of aromatic nitrogens is 1. The second-order valence-corrected chi connectivity index (χ2v) is 5.42. The Labute approximate surface area is 123 Å². The minimum atomic E-state index is -0.247. The van der Waals surface area contributed by atoms with Gasteiger partial charge in [0.15, 0.2) is 0 Å². The first-order valence-electron chi connectivity index (χ1n) is 7.06. The smallest absolute Gasteiger partial charge is 0.146 e. The first-order chi connectivity index (χ1) is 10.2.